The molecule has 6 nitrogen and oxygen atoms in total. The molecule has 7 heteroatoms. The third-order valence-electron chi connectivity index (χ3n) is 3.93. The predicted octanol–water partition coefficient (Wildman–Crippen LogP) is 2.88. The van der Waals surface area contributed by atoms with E-state index in [9.17, 15) is 9.18 Å². The lowest BCUT2D eigenvalue weighted by Gasteiger charge is -2.06. The molecule has 0 saturated heterocycles. The zero-order valence-corrected chi connectivity index (χ0v) is 14.5. The standard InChI is InChI=1S/C18H18FN5O/c1-10-9-15(16-12(3)23-24(4)17(16)20-10)18(25)22-21-11(2)13-5-7-14(19)8-6-13/h5-9H,1-4H3,(H,22,25). The molecule has 1 amide bonds. The van der Waals surface area contributed by atoms with Crippen molar-refractivity contribution in [2.45, 2.75) is 20.8 Å². The van der Waals surface area contributed by atoms with Gasteiger partial charge in [-0.3, -0.25) is 9.48 Å². The maximum Gasteiger partial charge on any atom is 0.272 e. The number of rotatable bonds is 3. The summed E-state index contributed by atoms with van der Waals surface area (Å²) in [5.41, 5.74) is 6.45. The van der Waals surface area contributed by atoms with Gasteiger partial charge in [-0.1, -0.05) is 12.1 Å². The Kier molecular flexibility index (Phi) is 4.31. The summed E-state index contributed by atoms with van der Waals surface area (Å²) in [6, 6.07) is 7.64. The Morgan fingerprint density at radius 3 is 2.60 bits per heavy atom. The topological polar surface area (TPSA) is 72.2 Å². The summed E-state index contributed by atoms with van der Waals surface area (Å²) in [5, 5.41) is 9.16. The molecule has 3 aromatic rings. The third-order valence-corrected chi connectivity index (χ3v) is 3.93. The van der Waals surface area contributed by atoms with Crippen molar-refractivity contribution in [2.24, 2.45) is 12.1 Å². The van der Waals surface area contributed by atoms with Crippen molar-refractivity contribution in [2.75, 3.05) is 0 Å². The van der Waals surface area contributed by atoms with Crippen molar-refractivity contribution in [1.29, 1.82) is 0 Å². The van der Waals surface area contributed by atoms with E-state index in [-0.39, 0.29) is 11.7 Å². The number of hydrazone groups is 1. The molecule has 0 aliphatic rings. The fraction of sp³-hybridized carbons (Fsp3) is 0.222. The van der Waals surface area contributed by atoms with Crippen molar-refractivity contribution in [3.05, 3.63) is 58.7 Å². The van der Waals surface area contributed by atoms with E-state index in [2.05, 4.69) is 20.6 Å². The van der Waals surface area contributed by atoms with Crippen molar-refractivity contribution in [3.63, 3.8) is 0 Å². The number of aryl methyl sites for hydroxylation is 3. The summed E-state index contributed by atoms with van der Waals surface area (Å²) in [7, 11) is 1.79. The molecule has 0 aliphatic carbocycles. The Hall–Kier alpha value is -3.09. The normalized spacial score (nSPS) is 11.8. The first kappa shape index (κ1) is 16.8. The molecule has 0 radical (unpaired) electrons. The highest BCUT2D eigenvalue weighted by atomic mass is 19.1. The van der Waals surface area contributed by atoms with Crippen LogP contribution in [0, 0.1) is 19.7 Å². The van der Waals surface area contributed by atoms with Crippen molar-refractivity contribution < 1.29 is 9.18 Å². The fourth-order valence-corrected chi connectivity index (χ4v) is 2.70. The highest BCUT2D eigenvalue weighted by Gasteiger charge is 2.17. The van der Waals surface area contributed by atoms with Gasteiger partial charge in [0.1, 0.15) is 5.82 Å². The van der Waals surface area contributed by atoms with E-state index in [0.717, 1.165) is 17.0 Å². The number of aromatic nitrogens is 3. The van der Waals surface area contributed by atoms with Crippen molar-refractivity contribution >= 4 is 22.7 Å². The first-order chi connectivity index (χ1) is 11.9. The smallest absolute Gasteiger partial charge is 0.267 e. The van der Waals surface area contributed by atoms with Crippen LogP contribution in [0.4, 0.5) is 4.39 Å². The number of halogens is 1. The van der Waals surface area contributed by atoms with E-state index in [0.29, 0.717) is 22.3 Å². The Labute approximate surface area is 144 Å². The average Bonchev–Trinajstić information content (AvgIpc) is 2.86. The molecule has 0 bridgehead atoms. The average molecular weight is 339 g/mol. The number of carbonyl (C=O) groups is 1. The summed E-state index contributed by atoms with van der Waals surface area (Å²) in [5.74, 6) is -0.657. The molecule has 3 rings (SSSR count). The molecule has 25 heavy (non-hydrogen) atoms. The summed E-state index contributed by atoms with van der Waals surface area (Å²) in [4.78, 5) is 17.1. The molecule has 0 unspecified atom stereocenters. The lowest BCUT2D eigenvalue weighted by Crippen LogP contribution is -2.20. The van der Waals surface area contributed by atoms with Crippen LogP contribution in [0.3, 0.4) is 0 Å². The molecule has 0 saturated carbocycles. The second-order valence-corrected chi connectivity index (χ2v) is 5.86. The number of nitrogens with one attached hydrogen (secondary N) is 1. The van der Waals surface area contributed by atoms with E-state index >= 15 is 0 Å². The SMILES string of the molecule is CC(=NNC(=O)c1cc(C)nc2c1c(C)nn2C)c1ccc(F)cc1. The van der Waals surface area contributed by atoms with Crippen LogP contribution in [-0.2, 0) is 7.05 Å². The maximum absolute atomic E-state index is 13.0. The summed E-state index contributed by atoms with van der Waals surface area (Å²) in [6.07, 6.45) is 0. The molecule has 0 fully saturated rings. The number of pyridine rings is 1. The number of nitrogens with zero attached hydrogens (tertiary/aromatic N) is 4. The number of carbonyl (C=O) groups excluding carboxylic acids is 1. The molecule has 2 aromatic heterocycles. The highest BCUT2D eigenvalue weighted by molar-refractivity contribution is 6.07. The van der Waals surface area contributed by atoms with E-state index in [1.165, 1.54) is 12.1 Å². The Morgan fingerprint density at radius 1 is 1.24 bits per heavy atom. The lowest BCUT2D eigenvalue weighted by molar-refractivity contribution is 0.0956. The lowest BCUT2D eigenvalue weighted by atomic mass is 10.1. The molecule has 1 N–H and O–H groups in total. The van der Waals surface area contributed by atoms with Crippen LogP contribution in [0.5, 0.6) is 0 Å². The van der Waals surface area contributed by atoms with Gasteiger partial charge in [0, 0.05) is 12.7 Å². The number of fused-ring (bicyclic) bond motifs is 1. The van der Waals surface area contributed by atoms with Gasteiger partial charge in [-0.05, 0) is 44.5 Å². The van der Waals surface area contributed by atoms with Crippen LogP contribution >= 0.6 is 0 Å². The highest BCUT2D eigenvalue weighted by Crippen LogP contribution is 2.21. The summed E-state index contributed by atoms with van der Waals surface area (Å²) < 4.78 is 14.6. The van der Waals surface area contributed by atoms with Gasteiger partial charge in [0.2, 0.25) is 0 Å². The number of hydrogen-bond donors (Lipinski definition) is 1. The largest absolute Gasteiger partial charge is 0.272 e. The zero-order chi connectivity index (χ0) is 18.1. The van der Waals surface area contributed by atoms with Crippen molar-refractivity contribution in [3.8, 4) is 0 Å². The van der Waals surface area contributed by atoms with E-state index in [1.807, 2.05) is 13.8 Å². The first-order valence-electron chi connectivity index (χ1n) is 7.78. The first-order valence-corrected chi connectivity index (χ1v) is 7.78. The molecule has 0 spiro atoms. The predicted molar refractivity (Wildman–Crippen MR) is 94.1 cm³/mol. The van der Waals surface area contributed by atoms with E-state index in [1.54, 1.807) is 36.9 Å². The van der Waals surface area contributed by atoms with Crippen LogP contribution in [0.2, 0.25) is 0 Å². The summed E-state index contributed by atoms with van der Waals surface area (Å²) >= 11 is 0. The maximum atomic E-state index is 13.0. The van der Waals surface area contributed by atoms with E-state index < -0.39 is 0 Å². The van der Waals surface area contributed by atoms with Gasteiger partial charge in [-0.2, -0.15) is 10.2 Å². The van der Waals surface area contributed by atoms with Gasteiger partial charge in [-0.25, -0.2) is 14.8 Å². The molecule has 1 aromatic carbocycles. The molecule has 2 heterocycles. The second-order valence-electron chi connectivity index (χ2n) is 5.86. The molecular formula is C18H18FN5O. The van der Waals surface area contributed by atoms with E-state index in [4.69, 9.17) is 0 Å². The summed E-state index contributed by atoms with van der Waals surface area (Å²) in [6.45, 7) is 5.41. The number of amides is 1. The van der Waals surface area contributed by atoms with Gasteiger partial charge >= 0.3 is 0 Å². The molecule has 0 atom stereocenters. The molecule has 128 valence electrons. The Morgan fingerprint density at radius 2 is 1.92 bits per heavy atom. The van der Waals surface area contributed by atoms with Crippen molar-refractivity contribution in [1.82, 2.24) is 20.2 Å². The van der Waals surface area contributed by atoms with Crippen LogP contribution < -0.4 is 5.43 Å². The molecule has 0 aliphatic heterocycles. The van der Waals surface area contributed by atoms with Gasteiger partial charge in [0.05, 0.1) is 22.4 Å². The Bertz CT molecular complexity index is 989. The number of hydrogen-bond acceptors (Lipinski definition) is 4. The molecular weight excluding hydrogens is 321 g/mol. The second kappa shape index (κ2) is 6.43. The third kappa shape index (κ3) is 3.26. The minimum atomic E-state index is -0.340. The van der Waals surface area contributed by atoms with Gasteiger partial charge < -0.3 is 0 Å². The van der Waals surface area contributed by atoms with Crippen LogP contribution in [0.25, 0.3) is 11.0 Å². The minimum absolute atomic E-state index is 0.317. The number of benzene rings is 1. The van der Waals surface area contributed by atoms with Gasteiger partial charge in [-0.15, -0.1) is 0 Å². The van der Waals surface area contributed by atoms with Gasteiger partial charge in [0.25, 0.3) is 5.91 Å². The monoisotopic (exact) mass is 339 g/mol. The minimum Gasteiger partial charge on any atom is -0.267 e. The fourth-order valence-electron chi connectivity index (χ4n) is 2.70. The van der Waals surface area contributed by atoms with Crippen LogP contribution in [0.1, 0.15) is 34.2 Å². The quantitative estimate of drug-likeness (QED) is 0.589. The zero-order valence-electron chi connectivity index (χ0n) is 14.5. The van der Waals surface area contributed by atoms with Gasteiger partial charge in [0.15, 0.2) is 5.65 Å². The Balaban J connectivity index is 1.92. The van der Waals surface area contributed by atoms with Crippen LogP contribution in [-0.4, -0.2) is 26.4 Å². The van der Waals surface area contributed by atoms with Crippen LogP contribution in [0.15, 0.2) is 35.4 Å².